The smallest absolute Gasteiger partial charge is 0.0283 e. The zero-order valence-corrected chi connectivity index (χ0v) is 11.9. The molecule has 0 heteroatoms. The van der Waals surface area contributed by atoms with Gasteiger partial charge in [0.1, 0.15) is 0 Å². The van der Waals surface area contributed by atoms with Crippen molar-refractivity contribution in [1.29, 1.82) is 0 Å². The van der Waals surface area contributed by atoms with Gasteiger partial charge in [-0.25, -0.2) is 0 Å². The summed E-state index contributed by atoms with van der Waals surface area (Å²) in [6.07, 6.45) is 15.9. The summed E-state index contributed by atoms with van der Waals surface area (Å²) >= 11 is 0. The van der Waals surface area contributed by atoms with E-state index in [0.29, 0.717) is 5.92 Å². The fourth-order valence-electron chi connectivity index (χ4n) is 3.49. The molecule has 0 radical (unpaired) electrons. The summed E-state index contributed by atoms with van der Waals surface area (Å²) in [6.45, 7) is 6.38. The number of hydrogen-bond acceptors (Lipinski definition) is 0. The summed E-state index contributed by atoms with van der Waals surface area (Å²) in [5.74, 6) is 0.501. The van der Waals surface area contributed by atoms with Crippen LogP contribution in [0.3, 0.4) is 0 Å². The molecule has 2 unspecified atom stereocenters. The molecule has 0 N–H and O–H groups in total. The Labute approximate surface area is 115 Å². The van der Waals surface area contributed by atoms with E-state index in [9.17, 15) is 0 Å². The predicted molar refractivity (Wildman–Crippen MR) is 83.9 cm³/mol. The van der Waals surface area contributed by atoms with E-state index in [1.165, 1.54) is 22.3 Å². The van der Waals surface area contributed by atoms with Gasteiger partial charge in [-0.2, -0.15) is 0 Å². The van der Waals surface area contributed by atoms with Gasteiger partial charge in [0.15, 0.2) is 0 Å². The van der Waals surface area contributed by atoms with Gasteiger partial charge in [0.25, 0.3) is 0 Å². The standard InChI is InChI=1S/C17H14.C2H6/c1-17-14-6-3-7-15(17)11-9-13-5-2-4-12(8-10-14)16(13)17;1-2/h2-11,14H,1H3;1-2H3. The molecule has 0 aliphatic heterocycles. The number of rotatable bonds is 0. The molecule has 0 aromatic heterocycles. The summed E-state index contributed by atoms with van der Waals surface area (Å²) in [7, 11) is 0. The lowest BCUT2D eigenvalue weighted by molar-refractivity contribution is 0.469. The minimum absolute atomic E-state index is 0.143. The summed E-state index contributed by atoms with van der Waals surface area (Å²) < 4.78 is 0. The molecule has 0 heterocycles. The van der Waals surface area contributed by atoms with E-state index in [0.717, 1.165) is 0 Å². The van der Waals surface area contributed by atoms with Crippen molar-refractivity contribution in [3.63, 3.8) is 0 Å². The summed E-state index contributed by atoms with van der Waals surface area (Å²) in [5, 5.41) is 0. The molecule has 1 aromatic rings. The minimum atomic E-state index is 0.143. The van der Waals surface area contributed by atoms with E-state index >= 15 is 0 Å². The lowest BCUT2D eigenvalue weighted by Crippen LogP contribution is -2.37. The van der Waals surface area contributed by atoms with Gasteiger partial charge in [0, 0.05) is 11.3 Å². The van der Waals surface area contributed by atoms with Gasteiger partial charge in [0.2, 0.25) is 0 Å². The van der Waals surface area contributed by atoms with Crippen molar-refractivity contribution in [2.75, 3.05) is 0 Å². The van der Waals surface area contributed by atoms with Crippen LogP contribution in [0.25, 0.3) is 12.2 Å². The van der Waals surface area contributed by atoms with Crippen molar-refractivity contribution in [2.45, 2.75) is 26.2 Å². The Morgan fingerprint density at radius 2 is 1.68 bits per heavy atom. The van der Waals surface area contributed by atoms with Crippen LogP contribution in [0.1, 0.15) is 37.5 Å². The molecule has 0 spiro atoms. The second-order valence-electron chi connectivity index (χ2n) is 5.24. The maximum atomic E-state index is 2.38. The van der Waals surface area contributed by atoms with Gasteiger partial charge in [-0.15, -0.1) is 0 Å². The van der Waals surface area contributed by atoms with Crippen LogP contribution in [0.15, 0.2) is 54.2 Å². The van der Waals surface area contributed by atoms with Gasteiger partial charge in [0.05, 0.1) is 0 Å². The molecule has 0 saturated heterocycles. The van der Waals surface area contributed by atoms with Gasteiger partial charge in [-0.05, 0) is 22.3 Å². The molecule has 0 saturated carbocycles. The van der Waals surface area contributed by atoms with Crippen LogP contribution in [0.5, 0.6) is 0 Å². The first-order valence-corrected chi connectivity index (χ1v) is 7.19. The molecular weight excluding hydrogens is 228 g/mol. The molecule has 3 aliphatic carbocycles. The van der Waals surface area contributed by atoms with Crippen LogP contribution in [0, 0.1) is 5.92 Å². The zero-order chi connectivity index (χ0) is 13.5. The third kappa shape index (κ3) is 1.53. The van der Waals surface area contributed by atoms with Crippen molar-refractivity contribution < 1.29 is 0 Å². The molecule has 1 aromatic carbocycles. The number of allylic oxidation sites excluding steroid dienone is 6. The third-order valence-electron chi connectivity index (χ3n) is 4.43. The highest BCUT2D eigenvalue weighted by Gasteiger charge is 2.42. The molecule has 2 atom stereocenters. The molecule has 4 rings (SSSR count). The molecule has 0 amide bonds. The minimum Gasteiger partial charge on any atom is -0.0764 e. The third-order valence-corrected chi connectivity index (χ3v) is 4.43. The Bertz CT molecular complexity index is 625. The topological polar surface area (TPSA) is 0 Å². The van der Waals surface area contributed by atoms with Crippen LogP contribution >= 0.6 is 0 Å². The molecule has 0 nitrogen and oxygen atoms in total. The lowest BCUT2D eigenvalue weighted by atomic mass is 9.58. The first kappa shape index (κ1) is 12.2. The molecule has 96 valence electrons. The second kappa shape index (κ2) is 4.38. The molecular formula is C19H20. The first-order valence-electron chi connectivity index (χ1n) is 7.19. The van der Waals surface area contributed by atoms with Crippen molar-refractivity contribution in [1.82, 2.24) is 0 Å². The fraction of sp³-hybridized carbons (Fsp3) is 0.263. The average Bonchev–Trinajstić information content (AvgIpc) is 2.46. The molecule has 3 aliphatic rings. The molecule has 19 heavy (non-hydrogen) atoms. The predicted octanol–water partition coefficient (Wildman–Crippen LogP) is 5.14. The summed E-state index contributed by atoms with van der Waals surface area (Å²) in [4.78, 5) is 0. The molecule has 0 fully saturated rings. The zero-order valence-electron chi connectivity index (χ0n) is 11.9. The Hall–Kier alpha value is -1.82. The fourth-order valence-corrected chi connectivity index (χ4v) is 3.49. The monoisotopic (exact) mass is 248 g/mol. The van der Waals surface area contributed by atoms with Crippen LogP contribution in [-0.2, 0) is 5.41 Å². The van der Waals surface area contributed by atoms with E-state index in [2.05, 4.69) is 67.7 Å². The SMILES string of the molecule is CC.CC12C3=CC=CC1C=Cc1cccc(c12)C=C3. The Balaban J connectivity index is 0.000000528. The van der Waals surface area contributed by atoms with Crippen LogP contribution < -0.4 is 0 Å². The maximum absolute atomic E-state index is 2.38. The summed E-state index contributed by atoms with van der Waals surface area (Å²) in [6, 6.07) is 6.61. The number of benzene rings is 1. The van der Waals surface area contributed by atoms with Crippen molar-refractivity contribution in [3.05, 3.63) is 70.8 Å². The average molecular weight is 248 g/mol. The van der Waals surface area contributed by atoms with Crippen molar-refractivity contribution in [2.24, 2.45) is 5.92 Å². The van der Waals surface area contributed by atoms with E-state index in [1.54, 1.807) is 0 Å². The van der Waals surface area contributed by atoms with Crippen molar-refractivity contribution in [3.8, 4) is 0 Å². The Kier molecular flexibility index (Phi) is 2.82. The second-order valence-corrected chi connectivity index (χ2v) is 5.24. The van der Waals surface area contributed by atoms with E-state index in [1.807, 2.05) is 13.8 Å². The maximum Gasteiger partial charge on any atom is 0.0283 e. The van der Waals surface area contributed by atoms with Crippen molar-refractivity contribution >= 4 is 12.2 Å². The van der Waals surface area contributed by atoms with Crippen LogP contribution in [0.2, 0.25) is 0 Å². The van der Waals surface area contributed by atoms with E-state index < -0.39 is 0 Å². The van der Waals surface area contributed by atoms with E-state index in [-0.39, 0.29) is 5.41 Å². The normalized spacial score (nSPS) is 28.2. The molecule has 0 bridgehead atoms. The van der Waals surface area contributed by atoms with E-state index in [4.69, 9.17) is 0 Å². The highest BCUT2D eigenvalue weighted by atomic mass is 14.4. The summed E-state index contributed by atoms with van der Waals surface area (Å²) in [5.41, 5.74) is 5.85. The van der Waals surface area contributed by atoms with Gasteiger partial charge >= 0.3 is 0 Å². The Morgan fingerprint density at radius 3 is 2.47 bits per heavy atom. The highest BCUT2D eigenvalue weighted by Crippen LogP contribution is 2.51. The van der Waals surface area contributed by atoms with Crippen LogP contribution in [0.4, 0.5) is 0 Å². The van der Waals surface area contributed by atoms with Gasteiger partial charge in [-0.3, -0.25) is 0 Å². The lowest BCUT2D eigenvalue weighted by Gasteiger charge is -2.44. The highest BCUT2D eigenvalue weighted by molar-refractivity contribution is 5.76. The van der Waals surface area contributed by atoms with Gasteiger partial charge in [-0.1, -0.05) is 81.5 Å². The largest absolute Gasteiger partial charge is 0.0764 e. The number of hydrogen-bond donors (Lipinski definition) is 0. The Morgan fingerprint density at radius 1 is 0.947 bits per heavy atom. The van der Waals surface area contributed by atoms with Crippen LogP contribution in [-0.4, -0.2) is 0 Å². The quantitative estimate of drug-likeness (QED) is 0.596. The van der Waals surface area contributed by atoms with Gasteiger partial charge < -0.3 is 0 Å². The first-order chi connectivity index (χ1) is 9.30.